The fraction of sp³-hybridized carbons (Fsp3) is 0.483. The monoisotopic (exact) mass is 562 g/mol. The van der Waals surface area contributed by atoms with E-state index in [1.165, 1.54) is 58.5 Å². The number of hydrogen-bond donors (Lipinski definition) is 0. The molecule has 0 spiro atoms. The lowest BCUT2D eigenvalue weighted by molar-refractivity contribution is -0.683. The summed E-state index contributed by atoms with van der Waals surface area (Å²) in [7, 11) is -1.43. The average molecular weight is 563 g/mol. The van der Waals surface area contributed by atoms with Crippen molar-refractivity contribution in [1.29, 1.82) is 0 Å². The van der Waals surface area contributed by atoms with Crippen molar-refractivity contribution < 1.29 is 32.7 Å². The van der Waals surface area contributed by atoms with E-state index in [4.69, 9.17) is 23.6 Å². The quantitative estimate of drug-likeness (QED) is 0.0455. The van der Waals surface area contributed by atoms with E-state index in [9.17, 15) is 4.57 Å². The van der Waals surface area contributed by atoms with Crippen LogP contribution in [-0.2, 0) is 15.8 Å². The first-order chi connectivity index (χ1) is 18.7. The molecule has 0 fully saturated rings. The molecule has 0 saturated carbocycles. The second-order valence-corrected chi connectivity index (χ2v) is 10.8. The molecule has 3 rings (SSSR count). The van der Waals surface area contributed by atoms with Crippen LogP contribution >= 0.6 is 19.6 Å². The van der Waals surface area contributed by atoms with Gasteiger partial charge in [0.2, 0.25) is 17.0 Å². The predicted molar refractivity (Wildman–Crippen MR) is 152 cm³/mol. The van der Waals surface area contributed by atoms with Crippen molar-refractivity contribution in [2.75, 3.05) is 13.7 Å². The summed E-state index contributed by atoms with van der Waals surface area (Å²) in [6.07, 6.45) is 14.7. The SMILES string of the molecule is CCCCCCCCCCCCOc1cccc(OO[PH](=O)Oc2cccc(C[n+]3ccsc3)c2)c1OC. The van der Waals surface area contributed by atoms with Crippen LogP contribution in [0.25, 0.3) is 0 Å². The number of nitrogens with zero attached hydrogens (tertiary/aromatic N) is 1. The van der Waals surface area contributed by atoms with Crippen molar-refractivity contribution >= 4 is 19.6 Å². The summed E-state index contributed by atoms with van der Waals surface area (Å²) in [5.74, 6) is 1.68. The number of benzene rings is 2. The molecule has 1 atom stereocenters. The van der Waals surface area contributed by atoms with Crippen LogP contribution in [0.4, 0.5) is 0 Å². The lowest BCUT2D eigenvalue weighted by atomic mass is 10.1. The van der Waals surface area contributed by atoms with Crippen molar-refractivity contribution in [3.8, 4) is 23.0 Å². The highest BCUT2D eigenvalue weighted by atomic mass is 32.1. The molecule has 0 aliphatic carbocycles. The zero-order valence-electron chi connectivity index (χ0n) is 22.6. The Labute approximate surface area is 231 Å². The number of aromatic nitrogens is 1. The number of methoxy groups -OCH3 is 1. The van der Waals surface area contributed by atoms with Crippen LogP contribution in [0.15, 0.2) is 59.6 Å². The van der Waals surface area contributed by atoms with Gasteiger partial charge in [0.15, 0.2) is 18.5 Å². The number of thiazole rings is 1. The maximum atomic E-state index is 12.4. The van der Waals surface area contributed by atoms with Crippen LogP contribution in [0.3, 0.4) is 0 Å². The highest BCUT2D eigenvalue weighted by Gasteiger charge is 2.15. The molecular formula is C29H41NO6PS+. The molecule has 0 bridgehead atoms. The van der Waals surface area contributed by atoms with Gasteiger partial charge in [0, 0.05) is 5.56 Å². The minimum absolute atomic E-state index is 0.276. The minimum Gasteiger partial charge on any atom is -0.490 e. The molecule has 2 aromatic carbocycles. The largest absolute Gasteiger partial charge is 0.490 e. The van der Waals surface area contributed by atoms with Crippen LogP contribution in [0, 0.1) is 0 Å². The van der Waals surface area contributed by atoms with E-state index in [1.807, 2.05) is 41.4 Å². The van der Waals surface area contributed by atoms with E-state index < -0.39 is 8.25 Å². The lowest BCUT2D eigenvalue weighted by Gasteiger charge is -2.14. The molecule has 0 amide bonds. The Morgan fingerprint density at radius 2 is 1.61 bits per heavy atom. The highest BCUT2D eigenvalue weighted by molar-refractivity contribution is 7.33. The normalized spacial score (nSPS) is 11.7. The molecule has 0 aliphatic heterocycles. The molecule has 0 saturated heterocycles. The Hall–Kier alpha value is -2.54. The van der Waals surface area contributed by atoms with Crippen LogP contribution in [0.5, 0.6) is 23.0 Å². The third-order valence-corrected chi connectivity index (χ3v) is 7.39. The minimum atomic E-state index is -2.97. The molecule has 208 valence electrons. The number of rotatable bonds is 20. The fourth-order valence-corrected chi connectivity index (χ4v) is 5.22. The third kappa shape index (κ3) is 11.1. The fourth-order valence-electron chi connectivity index (χ4n) is 4.11. The highest BCUT2D eigenvalue weighted by Crippen LogP contribution is 2.39. The molecule has 1 aromatic heterocycles. The first-order valence-corrected chi connectivity index (χ1v) is 15.7. The van der Waals surface area contributed by atoms with Crippen molar-refractivity contribution in [1.82, 2.24) is 0 Å². The second kappa shape index (κ2) is 17.9. The molecule has 0 radical (unpaired) electrons. The van der Waals surface area contributed by atoms with Gasteiger partial charge in [-0.2, -0.15) is 4.57 Å². The van der Waals surface area contributed by atoms with Gasteiger partial charge in [0.1, 0.15) is 5.75 Å². The van der Waals surface area contributed by atoms with Gasteiger partial charge >= 0.3 is 8.25 Å². The second-order valence-electron chi connectivity index (χ2n) is 9.18. The zero-order chi connectivity index (χ0) is 26.8. The Morgan fingerprint density at radius 1 is 0.895 bits per heavy atom. The van der Waals surface area contributed by atoms with Gasteiger partial charge < -0.3 is 18.9 Å². The summed E-state index contributed by atoms with van der Waals surface area (Å²) in [4.78, 5) is 5.33. The average Bonchev–Trinajstić information content (AvgIpc) is 3.44. The van der Waals surface area contributed by atoms with Crippen LogP contribution in [0.2, 0.25) is 0 Å². The van der Waals surface area contributed by atoms with Crippen molar-refractivity contribution in [2.45, 2.75) is 77.7 Å². The molecule has 0 aliphatic rings. The van der Waals surface area contributed by atoms with Crippen molar-refractivity contribution in [2.24, 2.45) is 0 Å². The van der Waals surface area contributed by atoms with Crippen molar-refractivity contribution in [3.63, 3.8) is 0 Å². The molecule has 1 unspecified atom stereocenters. The molecule has 0 N–H and O–H groups in total. The number of unbranched alkanes of at least 4 members (excludes halogenated alkanes) is 9. The van der Waals surface area contributed by atoms with Crippen LogP contribution < -0.4 is 23.5 Å². The molecule has 3 aromatic rings. The van der Waals surface area contributed by atoms with E-state index in [0.717, 1.165) is 18.4 Å². The van der Waals surface area contributed by atoms with Gasteiger partial charge in [-0.05, 0) is 30.7 Å². The van der Waals surface area contributed by atoms with E-state index in [0.29, 0.717) is 30.4 Å². The third-order valence-electron chi connectivity index (χ3n) is 6.09. The first-order valence-electron chi connectivity index (χ1n) is 13.6. The van der Waals surface area contributed by atoms with Gasteiger partial charge in [-0.25, -0.2) is 4.57 Å². The van der Waals surface area contributed by atoms with E-state index in [1.54, 1.807) is 29.5 Å². The summed E-state index contributed by atoms with van der Waals surface area (Å²) in [6.45, 7) is 3.54. The summed E-state index contributed by atoms with van der Waals surface area (Å²) in [5, 5.41) is 2.01. The molecular weight excluding hydrogens is 521 g/mol. The number of para-hydroxylation sites is 1. The summed E-state index contributed by atoms with van der Waals surface area (Å²) in [5.41, 5.74) is 3.05. The van der Waals surface area contributed by atoms with E-state index in [2.05, 4.69) is 11.5 Å². The van der Waals surface area contributed by atoms with E-state index >= 15 is 0 Å². The summed E-state index contributed by atoms with van der Waals surface area (Å²) in [6, 6.07) is 12.7. The van der Waals surface area contributed by atoms with Gasteiger partial charge in [0.05, 0.1) is 19.1 Å². The summed E-state index contributed by atoms with van der Waals surface area (Å²) < 4.78 is 36.4. The molecule has 9 heteroatoms. The van der Waals surface area contributed by atoms with Crippen LogP contribution in [0.1, 0.15) is 76.7 Å². The van der Waals surface area contributed by atoms with Crippen LogP contribution in [-0.4, -0.2) is 13.7 Å². The Balaban J connectivity index is 1.38. The molecule has 1 heterocycles. The Kier molecular flexibility index (Phi) is 14.1. The van der Waals surface area contributed by atoms with Gasteiger partial charge in [-0.3, -0.25) is 0 Å². The predicted octanol–water partition coefficient (Wildman–Crippen LogP) is 8.17. The maximum absolute atomic E-state index is 12.4. The molecule has 38 heavy (non-hydrogen) atoms. The summed E-state index contributed by atoms with van der Waals surface area (Å²) >= 11 is 1.62. The smallest absolute Gasteiger partial charge is 0.405 e. The van der Waals surface area contributed by atoms with Gasteiger partial charge in [-0.1, -0.05) is 98.9 Å². The van der Waals surface area contributed by atoms with Gasteiger partial charge in [-0.15, -0.1) is 0 Å². The number of hydrogen-bond acceptors (Lipinski definition) is 7. The molecule has 7 nitrogen and oxygen atoms in total. The van der Waals surface area contributed by atoms with E-state index in [-0.39, 0.29) is 5.75 Å². The first kappa shape index (κ1) is 30.0. The Bertz CT molecular complexity index is 1080. The Morgan fingerprint density at radius 3 is 2.32 bits per heavy atom. The standard InChI is InChI=1S/C29H41NO6PS/c1-3-4-5-6-7-8-9-10-11-12-20-33-27-17-14-18-28(29(27)32-2)34-36-37(31)35-26-16-13-15-25(22-26)23-30-19-21-38-24-30/h13-19,21-22,24,37H,3-12,20,23H2,1-2H3/q+1. The van der Waals surface area contributed by atoms with Gasteiger partial charge in [0.25, 0.3) is 0 Å². The lowest BCUT2D eigenvalue weighted by Crippen LogP contribution is -2.30. The topological polar surface area (TPSA) is 67.1 Å². The maximum Gasteiger partial charge on any atom is 0.405 e. The number of ether oxygens (including phenoxy) is 2. The zero-order valence-corrected chi connectivity index (χ0v) is 24.4. The van der Waals surface area contributed by atoms with Crippen molar-refractivity contribution in [3.05, 3.63) is 65.1 Å².